The summed E-state index contributed by atoms with van der Waals surface area (Å²) in [4.78, 5) is 12.0. The van der Waals surface area contributed by atoms with Crippen LogP contribution in [0.1, 0.15) is 15.9 Å². The van der Waals surface area contributed by atoms with Gasteiger partial charge >= 0.3 is 0 Å². The number of nitrogens with one attached hydrogen (secondary N) is 1. The molecule has 0 aromatic heterocycles. The summed E-state index contributed by atoms with van der Waals surface area (Å²) in [5, 5.41) is 12.3. The number of rotatable bonds is 2. The number of benzene rings is 2. The molecule has 2 N–H and O–H groups in total. The zero-order chi connectivity index (χ0) is 14.0. The summed E-state index contributed by atoms with van der Waals surface area (Å²) >= 11 is 3.04. The SMILES string of the molecule is Cc1ccc(O)c(C(=O)Nc2ccc(F)c(Br)c2)c1. The van der Waals surface area contributed by atoms with Crippen molar-refractivity contribution in [3.63, 3.8) is 0 Å². The van der Waals surface area contributed by atoms with E-state index in [1.54, 1.807) is 12.1 Å². The molecule has 0 aliphatic rings. The quantitative estimate of drug-likeness (QED) is 0.881. The Balaban J connectivity index is 2.25. The molecular weight excluding hydrogens is 313 g/mol. The van der Waals surface area contributed by atoms with Crippen molar-refractivity contribution in [1.29, 1.82) is 0 Å². The first-order valence-corrected chi connectivity index (χ1v) is 6.32. The highest BCUT2D eigenvalue weighted by molar-refractivity contribution is 9.10. The Labute approximate surface area is 118 Å². The van der Waals surface area contributed by atoms with Crippen molar-refractivity contribution in [2.75, 3.05) is 5.32 Å². The normalized spacial score (nSPS) is 10.3. The van der Waals surface area contributed by atoms with Gasteiger partial charge in [0.2, 0.25) is 0 Å². The lowest BCUT2D eigenvalue weighted by Gasteiger charge is -2.08. The molecule has 1 amide bonds. The van der Waals surface area contributed by atoms with Gasteiger partial charge < -0.3 is 10.4 Å². The van der Waals surface area contributed by atoms with E-state index in [2.05, 4.69) is 21.2 Å². The summed E-state index contributed by atoms with van der Waals surface area (Å²) in [6.45, 7) is 1.82. The van der Waals surface area contributed by atoms with E-state index in [4.69, 9.17) is 0 Å². The van der Waals surface area contributed by atoms with E-state index in [1.165, 1.54) is 24.3 Å². The first kappa shape index (κ1) is 13.5. The minimum atomic E-state index is -0.445. The number of carbonyl (C=O) groups is 1. The number of hydrogen-bond acceptors (Lipinski definition) is 2. The number of halogens is 2. The second kappa shape index (κ2) is 5.40. The molecule has 2 aromatic rings. The van der Waals surface area contributed by atoms with Crippen molar-refractivity contribution in [1.82, 2.24) is 0 Å². The van der Waals surface area contributed by atoms with Gasteiger partial charge in [-0.05, 0) is 53.2 Å². The molecule has 0 aliphatic heterocycles. The molecule has 3 nitrogen and oxygen atoms in total. The third-order valence-electron chi connectivity index (χ3n) is 2.57. The highest BCUT2D eigenvalue weighted by Crippen LogP contribution is 2.23. The van der Waals surface area contributed by atoms with E-state index < -0.39 is 11.7 Å². The monoisotopic (exact) mass is 323 g/mol. The van der Waals surface area contributed by atoms with Crippen molar-refractivity contribution >= 4 is 27.5 Å². The van der Waals surface area contributed by atoms with Gasteiger partial charge in [0.1, 0.15) is 11.6 Å². The van der Waals surface area contributed by atoms with Gasteiger partial charge in [0.15, 0.2) is 0 Å². The summed E-state index contributed by atoms with van der Waals surface area (Å²) in [6, 6.07) is 8.91. The Kier molecular flexibility index (Phi) is 3.85. The third-order valence-corrected chi connectivity index (χ3v) is 3.18. The van der Waals surface area contributed by atoms with E-state index >= 15 is 0 Å². The maximum absolute atomic E-state index is 13.1. The van der Waals surface area contributed by atoms with Gasteiger partial charge in [-0.3, -0.25) is 4.79 Å². The maximum atomic E-state index is 13.1. The number of phenolic OH excluding ortho intramolecular Hbond substituents is 1. The molecule has 2 aromatic carbocycles. The fourth-order valence-electron chi connectivity index (χ4n) is 1.60. The first-order chi connectivity index (χ1) is 8.97. The van der Waals surface area contributed by atoms with E-state index in [9.17, 15) is 14.3 Å². The van der Waals surface area contributed by atoms with Gasteiger partial charge in [-0.2, -0.15) is 0 Å². The van der Waals surface area contributed by atoms with Crippen LogP contribution in [0.3, 0.4) is 0 Å². The lowest BCUT2D eigenvalue weighted by molar-refractivity contribution is 0.102. The molecule has 0 spiro atoms. The average Bonchev–Trinajstić information content (AvgIpc) is 2.36. The van der Waals surface area contributed by atoms with Crippen LogP contribution in [0.4, 0.5) is 10.1 Å². The van der Waals surface area contributed by atoms with Gasteiger partial charge in [0.25, 0.3) is 5.91 Å². The minimum Gasteiger partial charge on any atom is -0.507 e. The molecule has 0 unspecified atom stereocenters. The highest BCUT2D eigenvalue weighted by Gasteiger charge is 2.12. The third kappa shape index (κ3) is 3.12. The molecule has 0 radical (unpaired) electrons. The Morgan fingerprint density at radius 2 is 2.00 bits per heavy atom. The fourth-order valence-corrected chi connectivity index (χ4v) is 1.98. The highest BCUT2D eigenvalue weighted by atomic mass is 79.9. The molecule has 0 saturated heterocycles. The number of aromatic hydroxyl groups is 1. The first-order valence-electron chi connectivity index (χ1n) is 5.53. The molecule has 0 saturated carbocycles. The van der Waals surface area contributed by atoms with Crippen LogP contribution in [0.15, 0.2) is 40.9 Å². The number of aryl methyl sites for hydroxylation is 1. The van der Waals surface area contributed by atoms with Crippen LogP contribution >= 0.6 is 15.9 Å². The second-order valence-electron chi connectivity index (χ2n) is 4.10. The predicted octanol–water partition coefficient (Wildman–Crippen LogP) is 3.85. The van der Waals surface area contributed by atoms with Crippen molar-refractivity contribution in [3.05, 3.63) is 57.8 Å². The van der Waals surface area contributed by atoms with Crippen molar-refractivity contribution in [3.8, 4) is 5.75 Å². The zero-order valence-corrected chi connectivity index (χ0v) is 11.7. The molecule has 0 fully saturated rings. The van der Waals surface area contributed by atoms with Crippen LogP contribution in [0.2, 0.25) is 0 Å². The Bertz CT molecular complexity index is 643. The summed E-state index contributed by atoms with van der Waals surface area (Å²) in [6.07, 6.45) is 0. The molecule has 0 bridgehead atoms. The maximum Gasteiger partial charge on any atom is 0.259 e. The largest absolute Gasteiger partial charge is 0.507 e. The smallest absolute Gasteiger partial charge is 0.259 e. The molecule has 0 aliphatic carbocycles. The van der Waals surface area contributed by atoms with Crippen molar-refractivity contribution in [2.45, 2.75) is 6.92 Å². The topological polar surface area (TPSA) is 49.3 Å². The van der Waals surface area contributed by atoms with Gasteiger partial charge in [0.05, 0.1) is 10.0 Å². The van der Waals surface area contributed by atoms with Crippen molar-refractivity contribution < 1.29 is 14.3 Å². The Hall–Kier alpha value is -1.88. The molecule has 0 atom stereocenters. The van der Waals surface area contributed by atoms with Gasteiger partial charge in [0, 0.05) is 5.69 Å². The number of anilines is 1. The Morgan fingerprint density at radius 1 is 1.26 bits per heavy atom. The number of phenols is 1. The van der Waals surface area contributed by atoms with E-state index in [0.29, 0.717) is 5.69 Å². The predicted molar refractivity (Wildman–Crippen MR) is 74.9 cm³/mol. The van der Waals surface area contributed by atoms with Gasteiger partial charge in [-0.15, -0.1) is 0 Å². The standard InChI is InChI=1S/C14H11BrFNO2/c1-8-2-5-13(18)10(6-8)14(19)17-9-3-4-12(16)11(15)7-9/h2-7,18H,1H3,(H,17,19). The number of amides is 1. The summed E-state index contributed by atoms with van der Waals surface area (Å²) < 4.78 is 13.3. The molecule has 5 heteroatoms. The molecule has 19 heavy (non-hydrogen) atoms. The lowest BCUT2D eigenvalue weighted by atomic mass is 10.1. The summed E-state index contributed by atoms with van der Waals surface area (Å²) in [5.41, 5.74) is 1.49. The summed E-state index contributed by atoms with van der Waals surface area (Å²) in [7, 11) is 0. The second-order valence-corrected chi connectivity index (χ2v) is 4.96. The number of hydrogen-bond donors (Lipinski definition) is 2. The van der Waals surface area contributed by atoms with E-state index in [-0.39, 0.29) is 15.8 Å². The minimum absolute atomic E-state index is 0.0933. The fraction of sp³-hybridized carbons (Fsp3) is 0.0714. The number of carbonyl (C=O) groups excluding carboxylic acids is 1. The Morgan fingerprint density at radius 3 is 2.68 bits per heavy atom. The molecule has 98 valence electrons. The van der Waals surface area contributed by atoms with Gasteiger partial charge in [-0.1, -0.05) is 11.6 Å². The van der Waals surface area contributed by atoms with Crippen LogP contribution < -0.4 is 5.32 Å². The average molecular weight is 324 g/mol. The van der Waals surface area contributed by atoms with Crippen LogP contribution in [0.5, 0.6) is 5.75 Å². The molecule has 2 rings (SSSR count). The van der Waals surface area contributed by atoms with Crippen LogP contribution in [0, 0.1) is 12.7 Å². The van der Waals surface area contributed by atoms with Crippen LogP contribution in [-0.2, 0) is 0 Å². The zero-order valence-electron chi connectivity index (χ0n) is 10.1. The van der Waals surface area contributed by atoms with E-state index in [0.717, 1.165) is 5.56 Å². The van der Waals surface area contributed by atoms with Crippen LogP contribution in [-0.4, -0.2) is 11.0 Å². The lowest BCUT2D eigenvalue weighted by Crippen LogP contribution is -2.12. The van der Waals surface area contributed by atoms with Crippen LogP contribution in [0.25, 0.3) is 0 Å². The van der Waals surface area contributed by atoms with Gasteiger partial charge in [-0.25, -0.2) is 4.39 Å². The molecule has 0 heterocycles. The van der Waals surface area contributed by atoms with E-state index in [1.807, 2.05) is 6.92 Å². The molecular formula is C14H11BrFNO2. The summed E-state index contributed by atoms with van der Waals surface area (Å²) in [5.74, 6) is -0.944. The van der Waals surface area contributed by atoms with Crippen molar-refractivity contribution in [2.24, 2.45) is 0 Å².